The predicted octanol–water partition coefficient (Wildman–Crippen LogP) is 1.05. The topological polar surface area (TPSA) is 52.8 Å². The van der Waals surface area contributed by atoms with Gasteiger partial charge in [-0.05, 0) is 12.1 Å². The largest absolute Gasteiger partial charge is 0.265 e. The van der Waals surface area contributed by atoms with Gasteiger partial charge in [-0.25, -0.2) is 0 Å². The molecule has 0 spiro atoms. The van der Waals surface area contributed by atoms with Crippen LogP contribution in [0.5, 0.6) is 0 Å². The van der Waals surface area contributed by atoms with Gasteiger partial charge in [0.2, 0.25) is 0 Å². The van der Waals surface area contributed by atoms with E-state index in [2.05, 4.69) is 10.2 Å². The van der Waals surface area contributed by atoms with Crippen molar-refractivity contribution in [3.05, 3.63) is 17.3 Å². The van der Waals surface area contributed by atoms with Gasteiger partial charge in [0.15, 0.2) is 17.2 Å². The highest BCUT2D eigenvalue weighted by atomic mass is 35.5. The Morgan fingerprint density at radius 3 is 2.73 bits per heavy atom. The maximum Gasteiger partial charge on any atom is 0.185 e. The van der Waals surface area contributed by atoms with E-state index in [0.717, 1.165) is 0 Å². The highest BCUT2D eigenvalue weighted by Crippen LogP contribution is 2.08. The number of aromatic nitrogens is 2. The molecule has 1 heterocycles. The zero-order valence-corrected chi connectivity index (χ0v) is 6.58. The smallest absolute Gasteiger partial charge is 0.185 e. The summed E-state index contributed by atoms with van der Waals surface area (Å²) in [7, 11) is 1.60. The molecule has 0 N–H and O–H groups in total. The molecule has 0 radical (unpaired) electrons. The van der Waals surface area contributed by atoms with Crippen LogP contribution < -0.4 is 4.90 Å². The highest BCUT2D eigenvalue weighted by molar-refractivity contribution is 6.29. The fraction of sp³-hybridized carbons (Fsp3) is 0.167. The number of hydrogen-bond donors (Lipinski definition) is 0. The van der Waals surface area contributed by atoms with E-state index >= 15 is 0 Å². The van der Waals surface area contributed by atoms with E-state index in [-0.39, 0.29) is 0 Å². The summed E-state index contributed by atoms with van der Waals surface area (Å²) < 4.78 is 0. The Balaban J connectivity index is 2.92. The van der Waals surface area contributed by atoms with E-state index in [4.69, 9.17) is 16.9 Å². The number of nitrogens with zero attached hydrogens (tertiary/aromatic N) is 4. The molecule has 4 nitrogen and oxygen atoms in total. The molecule has 56 valence electrons. The first-order valence-corrected chi connectivity index (χ1v) is 3.24. The minimum Gasteiger partial charge on any atom is -0.265 e. The maximum absolute atomic E-state index is 8.43. The molecule has 11 heavy (non-hydrogen) atoms. The number of nitriles is 1. The van der Waals surface area contributed by atoms with Gasteiger partial charge in [0, 0.05) is 7.05 Å². The Morgan fingerprint density at radius 1 is 1.55 bits per heavy atom. The molecular formula is C6H5ClN4. The van der Waals surface area contributed by atoms with E-state index in [9.17, 15) is 0 Å². The summed E-state index contributed by atoms with van der Waals surface area (Å²) in [6.45, 7) is 0. The molecule has 0 aliphatic heterocycles. The summed E-state index contributed by atoms with van der Waals surface area (Å²) in [5, 5.41) is 16.0. The lowest BCUT2D eigenvalue weighted by molar-refractivity contribution is 0.989. The zero-order chi connectivity index (χ0) is 8.27. The maximum atomic E-state index is 8.43. The second-order valence-electron chi connectivity index (χ2n) is 1.87. The van der Waals surface area contributed by atoms with Crippen LogP contribution in [0.25, 0.3) is 0 Å². The molecule has 1 aromatic rings. The lowest BCUT2D eigenvalue weighted by Gasteiger charge is -2.04. The SMILES string of the molecule is CN(C#N)c1ccc(Cl)nn1. The van der Waals surface area contributed by atoms with Crippen LogP contribution in [-0.2, 0) is 0 Å². The minimum atomic E-state index is 0.320. The molecule has 0 amide bonds. The van der Waals surface area contributed by atoms with Crippen LogP contribution in [0.1, 0.15) is 0 Å². The van der Waals surface area contributed by atoms with Gasteiger partial charge in [-0.2, -0.15) is 5.26 Å². The van der Waals surface area contributed by atoms with Crippen molar-refractivity contribution >= 4 is 17.4 Å². The van der Waals surface area contributed by atoms with Gasteiger partial charge in [-0.1, -0.05) is 11.6 Å². The van der Waals surface area contributed by atoms with E-state index < -0.39 is 0 Å². The second-order valence-corrected chi connectivity index (χ2v) is 2.26. The third kappa shape index (κ3) is 1.79. The van der Waals surface area contributed by atoms with Crippen molar-refractivity contribution in [3.63, 3.8) is 0 Å². The Morgan fingerprint density at radius 2 is 2.27 bits per heavy atom. The summed E-state index contributed by atoms with van der Waals surface area (Å²) in [6.07, 6.45) is 1.89. The first-order valence-electron chi connectivity index (χ1n) is 2.86. The number of halogens is 1. The standard InChI is InChI=1S/C6H5ClN4/c1-11(4-8)6-3-2-5(7)9-10-6/h2-3H,1H3. The van der Waals surface area contributed by atoms with Gasteiger partial charge in [0.05, 0.1) is 0 Å². The summed E-state index contributed by atoms with van der Waals surface area (Å²) in [4.78, 5) is 1.29. The van der Waals surface area contributed by atoms with Crippen molar-refractivity contribution in [1.82, 2.24) is 10.2 Å². The van der Waals surface area contributed by atoms with Crippen LogP contribution in [0, 0.1) is 11.5 Å². The van der Waals surface area contributed by atoms with Gasteiger partial charge in [0.25, 0.3) is 0 Å². The lowest BCUT2D eigenvalue weighted by atomic mass is 10.5. The second kappa shape index (κ2) is 3.17. The molecule has 1 aromatic heterocycles. The number of anilines is 1. The van der Waals surface area contributed by atoms with Crippen molar-refractivity contribution in [3.8, 4) is 6.19 Å². The van der Waals surface area contributed by atoms with E-state index in [0.29, 0.717) is 11.0 Å². The third-order valence-corrected chi connectivity index (χ3v) is 1.31. The third-order valence-electron chi connectivity index (χ3n) is 1.11. The monoisotopic (exact) mass is 168 g/mol. The Bertz CT molecular complexity index is 276. The van der Waals surface area contributed by atoms with Crippen LogP contribution in [0.2, 0.25) is 5.15 Å². The van der Waals surface area contributed by atoms with Gasteiger partial charge in [-0.3, -0.25) is 4.90 Å². The fourth-order valence-corrected chi connectivity index (χ4v) is 0.640. The van der Waals surface area contributed by atoms with Gasteiger partial charge in [0.1, 0.15) is 0 Å². The van der Waals surface area contributed by atoms with Crippen LogP contribution in [0.3, 0.4) is 0 Å². The van der Waals surface area contributed by atoms with Crippen molar-refractivity contribution in [2.75, 3.05) is 11.9 Å². The predicted molar refractivity (Wildman–Crippen MR) is 41.1 cm³/mol. The molecule has 0 saturated heterocycles. The van der Waals surface area contributed by atoms with E-state index in [1.54, 1.807) is 19.2 Å². The molecule has 0 aromatic carbocycles. The Hall–Kier alpha value is -1.34. The molecule has 1 rings (SSSR count). The molecular weight excluding hydrogens is 164 g/mol. The quantitative estimate of drug-likeness (QED) is 0.465. The van der Waals surface area contributed by atoms with Crippen LogP contribution in [-0.4, -0.2) is 17.2 Å². The fourth-order valence-electron chi connectivity index (χ4n) is 0.539. The molecule has 0 aliphatic rings. The molecule has 0 atom stereocenters. The molecule has 0 fully saturated rings. The molecule has 0 bridgehead atoms. The summed E-state index contributed by atoms with van der Waals surface area (Å²) >= 11 is 5.48. The average molecular weight is 169 g/mol. The van der Waals surface area contributed by atoms with Gasteiger partial charge in [-0.15, -0.1) is 10.2 Å². The van der Waals surface area contributed by atoms with Crippen LogP contribution in [0.4, 0.5) is 5.82 Å². The minimum absolute atomic E-state index is 0.320. The normalized spacial score (nSPS) is 8.82. The van der Waals surface area contributed by atoms with Crippen LogP contribution >= 0.6 is 11.6 Å². The molecule has 0 saturated carbocycles. The van der Waals surface area contributed by atoms with Gasteiger partial charge >= 0.3 is 0 Å². The molecule has 5 heteroatoms. The van der Waals surface area contributed by atoms with Crippen LogP contribution in [0.15, 0.2) is 12.1 Å². The summed E-state index contributed by atoms with van der Waals surface area (Å²) in [5.41, 5.74) is 0. The summed E-state index contributed by atoms with van der Waals surface area (Å²) in [5.74, 6) is 0.483. The lowest BCUT2D eigenvalue weighted by Crippen LogP contribution is -2.10. The van der Waals surface area contributed by atoms with Gasteiger partial charge < -0.3 is 0 Å². The van der Waals surface area contributed by atoms with Crippen molar-refractivity contribution in [2.24, 2.45) is 0 Å². The molecule has 0 unspecified atom stereocenters. The van der Waals surface area contributed by atoms with Crippen molar-refractivity contribution in [2.45, 2.75) is 0 Å². The molecule has 0 aliphatic carbocycles. The van der Waals surface area contributed by atoms with E-state index in [1.807, 2.05) is 6.19 Å². The Labute approximate surface area is 69.0 Å². The average Bonchev–Trinajstić information content (AvgIpc) is 2.05. The number of rotatable bonds is 1. The van der Waals surface area contributed by atoms with E-state index in [1.165, 1.54) is 4.90 Å². The van der Waals surface area contributed by atoms with Crippen molar-refractivity contribution in [1.29, 1.82) is 5.26 Å². The zero-order valence-electron chi connectivity index (χ0n) is 5.82. The first-order chi connectivity index (χ1) is 5.24. The highest BCUT2D eigenvalue weighted by Gasteiger charge is 1.99. The number of hydrogen-bond acceptors (Lipinski definition) is 4. The Kier molecular flexibility index (Phi) is 2.24. The summed E-state index contributed by atoms with van der Waals surface area (Å²) in [6, 6.07) is 3.20. The first kappa shape index (κ1) is 7.76. The van der Waals surface area contributed by atoms with Crippen molar-refractivity contribution < 1.29 is 0 Å².